The number of hydrogen-bond donors (Lipinski definition) is 1. The highest BCUT2D eigenvalue weighted by Gasteiger charge is 2.14. The van der Waals surface area contributed by atoms with Gasteiger partial charge in [0.2, 0.25) is 0 Å². The number of nitrogens with zero attached hydrogens (tertiary/aromatic N) is 3. The average molecular weight is 250 g/mol. The molecule has 1 unspecified atom stereocenters. The van der Waals surface area contributed by atoms with E-state index >= 15 is 0 Å². The van der Waals surface area contributed by atoms with Crippen LogP contribution in [0.2, 0.25) is 0 Å². The molecule has 2 aromatic rings. The molecule has 2 aromatic heterocycles. The largest absolute Gasteiger partial charge is 0.333 e. The molecule has 0 fully saturated rings. The van der Waals surface area contributed by atoms with Crippen LogP contribution in [0.4, 0.5) is 0 Å². The third kappa shape index (κ3) is 2.92. The maximum Gasteiger partial charge on any atom is 0.0948 e. The number of aryl methyl sites for hydroxylation is 2. The molecule has 0 aromatic carbocycles. The first kappa shape index (κ1) is 12.3. The molecular formula is C12H18N4S. The molecule has 2 heterocycles. The van der Waals surface area contributed by atoms with Gasteiger partial charge in [-0.05, 0) is 5.92 Å². The van der Waals surface area contributed by atoms with Crippen LogP contribution in [0.25, 0.3) is 0 Å². The van der Waals surface area contributed by atoms with Gasteiger partial charge in [-0.3, -0.25) is 0 Å². The van der Waals surface area contributed by atoms with Gasteiger partial charge in [-0.15, -0.1) is 11.3 Å². The van der Waals surface area contributed by atoms with E-state index in [1.54, 1.807) is 11.3 Å². The summed E-state index contributed by atoms with van der Waals surface area (Å²) in [6.07, 6.45) is 6.50. The lowest BCUT2D eigenvalue weighted by molar-refractivity contribution is 0.477. The standard InChI is InChI=1S/C12H18N4S/c1-9(2)12(13)10-7-14-8-16(10)5-3-11-15-4-6-17-11/h4,6-9,12H,3,5,13H2,1-2H3. The van der Waals surface area contributed by atoms with Crippen molar-refractivity contribution >= 4 is 11.3 Å². The first-order chi connectivity index (χ1) is 8.18. The molecule has 4 nitrogen and oxygen atoms in total. The highest BCUT2D eigenvalue weighted by molar-refractivity contribution is 7.09. The Bertz CT molecular complexity index is 447. The van der Waals surface area contributed by atoms with Gasteiger partial charge in [0.1, 0.15) is 0 Å². The SMILES string of the molecule is CC(C)C(N)c1cncn1CCc1nccs1. The third-order valence-electron chi connectivity index (χ3n) is 2.85. The van der Waals surface area contributed by atoms with E-state index in [1.165, 1.54) is 0 Å². The second-order valence-corrected chi connectivity index (χ2v) is 5.44. The van der Waals surface area contributed by atoms with E-state index in [-0.39, 0.29) is 6.04 Å². The number of rotatable bonds is 5. The lowest BCUT2D eigenvalue weighted by atomic mass is 10.0. The molecule has 2 rings (SSSR count). The Labute approximate surface area is 106 Å². The molecule has 17 heavy (non-hydrogen) atoms. The Morgan fingerprint density at radius 2 is 2.29 bits per heavy atom. The number of thiazole rings is 1. The van der Waals surface area contributed by atoms with Gasteiger partial charge in [0.15, 0.2) is 0 Å². The van der Waals surface area contributed by atoms with Gasteiger partial charge in [-0.1, -0.05) is 13.8 Å². The fourth-order valence-electron chi connectivity index (χ4n) is 1.73. The van der Waals surface area contributed by atoms with Crippen LogP contribution in [0.3, 0.4) is 0 Å². The topological polar surface area (TPSA) is 56.7 Å². The molecule has 0 aliphatic carbocycles. The number of nitrogens with two attached hydrogens (primary N) is 1. The fraction of sp³-hybridized carbons (Fsp3) is 0.500. The van der Waals surface area contributed by atoms with Crippen LogP contribution < -0.4 is 5.73 Å². The molecule has 5 heteroatoms. The van der Waals surface area contributed by atoms with Crippen LogP contribution in [-0.2, 0) is 13.0 Å². The van der Waals surface area contributed by atoms with Crippen LogP contribution in [0.1, 0.15) is 30.6 Å². The van der Waals surface area contributed by atoms with Gasteiger partial charge in [0.05, 0.1) is 17.0 Å². The highest BCUT2D eigenvalue weighted by Crippen LogP contribution is 2.18. The minimum atomic E-state index is 0.0498. The molecule has 0 aliphatic heterocycles. The van der Waals surface area contributed by atoms with E-state index in [0.29, 0.717) is 5.92 Å². The summed E-state index contributed by atoms with van der Waals surface area (Å²) in [4.78, 5) is 8.47. The Balaban J connectivity index is 2.04. The third-order valence-corrected chi connectivity index (χ3v) is 3.69. The van der Waals surface area contributed by atoms with Gasteiger partial charge in [0.25, 0.3) is 0 Å². The lowest BCUT2D eigenvalue weighted by Crippen LogP contribution is -2.20. The molecule has 0 saturated carbocycles. The van der Waals surface area contributed by atoms with Crippen molar-refractivity contribution in [2.24, 2.45) is 11.7 Å². The molecule has 2 N–H and O–H groups in total. The van der Waals surface area contributed by atoms with Crippen molar-refractivity contribution in [1.29, 1.82) is 0 Å². The van der Waals surface area contributed by atoms with Crippen LogP contribution in [-0.4, -0.2) is 14.5 Å². The molecule has 1 atom stereocenters. The summed E-state index contributed by atoms with van der Waals surface area (Å²) in [5, 5.41) is 3.16. The minimum Gasteiger partial charge on any atom is -0.333 e. The van der Waals surface area contributed by atoms with E-state index in [0.717, 1.165) is 23.7 Å². The van der Waals surface area contributed by atoms with E-state index in [1.807, 2.05) is 24.1 Å². The number of imidazole rings is 1. The van der Waals surface area contributed by atoms with Crippen molar-refractivity contribution in [1.82, 2.24) is 14.5 Å². The average Bonchev–Trinajstić information content (AvgIpc) is 2.96. The summed E-state index contributed by atoms with van der Waals surface area (Å²) in [5.74, 6) is 0.422. The molecule has 0 aliphatic rings. The zero-order valence-corrected chi connectivity index (χ0v) is 11.0. The summed E-state index contributed by atoms with van der Waals surface area (Å²) in [7, 11) is 0. The second kappa shape index (κ2) is 5.42. The molecule has 0 radical (unpaired) electrons. The lowest BCUT2D eigenvalue weighted by Gasteiger charge is -2.17. The molecule has 0 spiro atoms. The first-order valence-corrected chi connectivity index (χ1v) is 6.70. The van der Waals surface area contributed by atoms with Crippen LogP contribution in [0, 0.1) is 5.92 Å². The van der Waals surface area contributed by atoms with Crippen molar-refractivity contribution in [3.05, 3.63) is 34.8 Å². The van der Waals surface area contributed by atoms with Crippen molar-refractivity contribution in [2.75, 3.05) is 0 Å². The maximum atomic E-state index is 6.16. The van der Waals surface area contributed by atoms with E-state index in [2.05, 4.69) is 28.4 Å². The van der Waals surface area contributed by atoms with Crippen molar-refractivity contribution in [2.45, 2.75) is 32.9 Å². The monoisotopic (exact) mass is 250 g/mol. The highest BCUT2D eigenvalue weighted by atomic mass is 32.1. The molecule has 0 amide bonds. The normalized spacial score (nSPS) is 13.2. The molecule has 0 saturated heterocycles. The fourth-order valence-corrected chi connectivity index (χ4v) is 2.34. The molecule has 0 bridgehead atoms. The maximum absolute atomic E-state index is 6.16. The smallest absolute Gasteiger partial charge is 0.0948 e. The summed E-state index contributed by atoms with van der Waals surface area (Å²) < 4.78 is 2.13. The molecular weight excluding hydrogens is 232 g/mol. The van der Waals surface area contributed by atoms with Gasteiger partial charge in [-0.2, -0.15) is 0 Å². The Morgan fingerprint density at radius 3 is 2.94 bits per heavy atom. The predicted octanol–water partition coefficient (Wildman–Crippen LogP) is 2.24. The zero-order chi connectivity index (χ0) is 12.3. The van der Waals surface area contributed by atoms with E-state index in [4.69, 9.17) is 5.73 Å². The second-order valence-electron chi connectivity index (χ2n) is 4.46. The van der Waals surface area contributed by atoms with Gasteiger partial charge < -0.3 is 10.3 Å². The van der Waals surface area contributed by atoms with E-state index in [9.17, 15) is 0 Å². The number of aromatic nitrogens is 3. The van der Waals surface area contributed by atoms with Crippen LogP contribution in [0.15, 0.2) is 24.1 Å². The predicted molar refractivity (Wildman–Crippen MR) is 69.8 cm³/mol. The Kier molecular flexibility index (Phi) is 3.91. The minimum absolute atomic E-state index is 0.0498. The van der Waals surface area contributed by atoms with Crippen molar-refractivity contribution in [3.63, 3.8) is 0 Å². The van der Waals surface area contributed by atoms with Crippen LogP contribution in [0.5, 0.6) is 0 Å². The van der Waals surface area contributed by atoms with Crippen molar-refractivity contribution < 1.29 is 0 Å². The van der Waals surface area contributed by atoms with E-state index < -0.39 is 0 Å². The Hall–Kier alpha value is -1.20. The summed E-state index contributed by atoms with van der Waals surface area (Å²) in [5.41, 5.74) is 7.27. The Morgan fingerprint density at radius 1 is 1.47 bits per heavy atom. The van der Waals surface area contributed by atoms with Gasteiger partial charge in [0, 0.05) is 36.8 Å². The summed E-state index contributed by atoms with van der Waals surface area (Å²) in [6.45, 7) is 5.15. The molecule has 92 valence electrons. The quantitative estimate of drug-likeness (QED) is 0.885. The number of hydrogen-bond acceptors (Lipinski definition) is 4. The summed E-state index contributed by atoms with van der Waals surface area (Å²) >= 11 is 1.69. The summed E-state index contributed by atoms with van der Waals surface area (Å²) in [6, 6.07) is 0.0498. The zero-order valence-electron chi connectivity index (χ0n) is 10.2. The van der Waals surface area contributed by atoms with Gasteiger partial charge >= 0.3 is 0 Å². The van der Waals surface area contributed by atoms with Crippen molar-refractivity contribution in [3.8, 4) is 0 Å². The first-order valence-electron chi connectivity index (χ1n) is 5.82. The van der Waals surface area contributed by atoms with Gasteiger partial charge in [-0.25, -0.2) is 9.97 Å². The van der Waals surface area contributed by atoms with Crippen LogP contribution >= 0.6 is 11.3 Å².